The Morgan fingerprint density at radius 1 is 0.576 bits per heavy atom. The second kappa shape index (κ2) is 18.9. The lowest BCUT2D eigenvalue weighted by Gasteiger charge is -2.55. The number of rotatable bonds is 7. The monoisotopic (exact) mass is 842 g/mol. The van der Waals surface area contributed by atoms with E-state index in [1.165, 1.54) is 44.0 Å². The van der Waals surface area contributed by atoms with Crippen molar-refractivity contribution in [2.45, 2.75) is 121 Å². The summed E-state index contributed by atoms with van der Waals surface area (Å²) >= 11 is 0. The van der Waals surface area contributed by atoms with Gasteiger partial charge in [0.2, 0.25) is 0 Å². The minimum atomic E-state index is -0.510. The molecular formula is C50H68O7P2. The third kappa shape index (κ3) is 10.8. The molecule has 0 radical (unpaired) electrons. The molecular weight excluding hydrogens is 774 g/mol. The van der Waals surface area contributed by atoms with E-state index in [0.717, 1.165) is 24.3 Å². The number of aryl methyl sites for hydroxylation is 2. The number of aliphatic hydroxyl groups is 2. The zero-order valence-corrected chi connectivity index (χ0v) is 39.4. The lowest BCUT2D eigenvalue weighted by molar-refractivity contribution is -0.178. The summed E-state index contributed by atoms with van der Waals surface area (Å²) in [5.41, 5.74) is 7.45. The predicted octanol–water partition coefficient (Wildman–Crippen LogP) is 10.5. The molecule has 3 fully saturated rings. The van der Waals surface area contributed by atoms with Crippen molar-refractivity contribution in [3.63, 3.8) is 0 Å². The van der Waals surface area contributed by atoms with Gasteiger partial charge < -0.3 is 29.2 Å². The van der Waals surface area contributed by atoms with Gasteiger partial charge in [-0.2, -0.15) is 0 Å². The van der Waals surface area contributed by atoms with Gasteiger partial charge in [0.05, 0.1) is 40.6 Å². The van der Waals surface area contributed by atoms with E-state index in [9.17, 15) is 4.79 Å². The molecule has 4 aromatic rings. The minimum absolute atomic E-state index is 0.00180. The van der Waals surface area contributed by atoms with Gasteiger partial charge in [-0.05, 0) is 103 Å². The summed E-state index contributed by atoms with van der Waals surface area (Å²) in [4.78, 5) is 12.3. The van der Waals surface area contributed by atoms with Gasteiger partial charge in [0.15, 0.2) is 5.79 Å². The van der Waals surface area contributed by atoms with Gasteiger partial charge in [0.1, 0.15) is 17.3 Å². The Bertz CT molecular complexity index is 2020. The average Bonchev–Trinajstić information content (AvgIpc) is 3.58. The molecule has 320 valence electrons. The van der Waals surface area contributed by atoms with Crippen molar-refractivity contribution in [2.24, 2.45) is 0 Å². The Labute approximate surface area is 356 Å². The minimum Gasteiger partial charge on any atom is -0.497 e. The van der Waals surface area contributed by atoms with Crippen molar-refractivity contribution in [2.75, 3.05) is 40.6 Å². The smallest absolute Gasteiger partial charge is 0.170 e. The quantitative estimate of drug-likeness (QED) is 0.179. The molecule has 3 heterocycles. The molecule has 0 aromatic heterocycles. The van der Waals surface area contributed by atoms with Gasteiger partial charge in [0.25, 0.3) is 0 Å². The number of hydrogen-bond donors (Lipinski definition) is 2. The average molecular weight is 843 g/mol. The standard InChI is InChI=1S/C25H33O3P.C23H29O2P.C2H6O2/c1-18-13-19(15-20(14-18)26-6)21-9-7-8-10-22(21)29-23(2,3)16-25(17-24(29,4)5)27-11-12-28-25;1-16-11-17(13-19(12-16)25-6)20-9-7-8-10-21(20)26-22(2,3)14-18(24)15-23(26,4)5;3-1-2-4/h7-10,13-15H,11-12,16-17H2,1-6H3;7-13H,14-15H2,1-6H3;3-4H,1-2H2. The number of aliphatic hydroxyl groups excluding tert-OH is 2. The predicted molar refractivity (Wildman–Crippen MR) is 248 cm³/mol. The first-order valence-corrected chi connectivity index (χ1v) is 23.5. The highest BCUT2D eigenvalue weighted by Gasteiger charge is 2.57. The number of methoxy groups -OCH3 is 2. The van der Waals surface area contributed by atoms with Gasteiger partial charge in [-0.1, -0.05) is 132 Å². The Hall–Kier alpha value is -3.15. The molecule has 0 bridgehead atoms. The summed E-state index contributed by atoms with van der Waals surface area (Å²) in [7, 11) is 2.48. The molecule has 3 aliphatic heterocycles. The van der Waals surface area contributed by atoms with E-state index in [1.54, 1.807) is 14.2 Å². The van der Waals surface area contributed by atoms with Crippen LogP contribution in [-0.2, 0) is 14.3 Å². The first-order chi connectivity index (χ1) is 27.7. The van der Waals surface area contributed by atoms with Crippen LogP contribution in [0.1, 0.15) is 92.2 Å². The van der Waals surface area contributed by atoms with Crippen LogP contribution in [-0.4, -0.2) is 83.1 Å². The second-order valence-corrected chi connectivity index (χ2v) is 25.9. The Kier molecular flexibility index (Phi) is 15.0. The van der Waals surface area contributed by atoms with Gasteiger partial charge in [-0.15, -0.1) is 0 Å². The van der Waals surface area contributed by atoms with Crippen LogP contribution in [0, 0.1) is 13.8 Å². The molecule has 0 amide bonds. The van der Waals surface area contributed by atoms with E-state index in [4.69, 9.17) is 29.2 Å². The van der Waals surface area contributed by atoms with Crippen LogP contribution in [0.25, 0.3) is 22.3 Å². The van der Waals surface area contributed by atoms with Crippen LogP contribution in [0.2, 0.25) is 0 Å². The molecule has 3 aliphatic rings. The van der Waals surface area contributed by atoms with Gasteiger partial charge in [-0.3, -0.25) is 4.79 Å². The molecule has 4 aromatic carbocycles. The van der Waals surface area contributed by atoms with Crippen LogP contribution in [0.4, 0.5) is 0 Å². The lowest BCUT2D eigenvalue weighted by Crippen LogP contribution is -2.52. The number of carbonyl (C=O) groups excluding carboxylic acids is 1. The third-order valence-corrected chi connectivity index (χ3v) is 18.7. The first-order valence-electron chi connectivity index (χ1n) is 20.8. The summed E-state index contributed by atoms with van der Waals surface area (Å²) in [6.45, 7) is 24.1. The number of ketones is 1. The van der Waals surface area contributed by atoms with E-state index < -0.39 is 21.6 Å². The zero-order chi connectivity index (χ0) is 43.4. The van der Waals surface area contributed by atoms with E-state index in [2.05, 4.69) is 154 Å². The van der Waals surface area contributed by atoms with Gasteiger partial charge in [0, 0.05) is 25.7 Å². The van der Waals surface area contributed by atoms with Gasteiger partial charge >= 0.3 is 0 Å². The molecule has 0 atom stereocenters. The molecule has 7 rings (SSSR count). The summed E-state index contributed by atoms with van der Waals surface area (Å²) in [6.07, 6.45) is 3.24. The molecule has 0 unspecified atom stereocenters. The first kappa shape index (κ1) is 46.9. The van der Waals surface area contributed by atoms with Crippen molar-refractivity contribution in [1.29, 1.82) is 0 Å². The summed E-state index contributed by atoms with van der Waals surface area (Å²) < 4.78 is 23.4. The Morgan fingerprint density at radius 2 is 0.949 bits per heavy atom. The van der Waals surface area contributed by atoms with Crippen molar-refractivity contribution < 1.29 is 34.0 Å². The zero-order valence-electron chi connectivity index (χ0n) is 37.6. The highest BCUT2D eigenvalue weighted by molar-refractivity contribution is 7.69. The third-order valence-electron chi connectivity index (χ3n) is 11.5. The lowest BCUT2D eigenvalue weighted by atomic mass is 9.91. The van der Waals surface area contributed by atoms with Crippen molar-refractivity contribution >= 4 is 32.2 Å². The van der Waals surface area contributed by atoms with Gasteiger partial charge in [-0.25, -0.2) is 0 Å². The topological polar surface area (TPSA) is 94.5 Å². The van der Waals surface area contributed by atoms with Crippen molar-refractivity contribution in [3.05, 3.63) is 96.1 Å². The molecule has 2 N–H and O–H groups in total. The number of carbonyl (C=O) groups is 1. The fourth-order valence-electron chi connectivity index (χ4n) is 10.2. The van der Waals surface area contributed by atoms with Crippen LogP contribution >= 0.6 is 15.8 Å². The normalized spacial score (nSPS) is 20.2. The van der Waals surface area contributed by atoms with E-state index in [0.29, 0.717) is 31.8 Å². The maximum absolute atomic E-state index is 12.3. The molecule has 7 nitrogen and oxygen atoms in total. The molecule has 0 aliphatic carbocycles. The largest absolute Gasteiger partial charge is 0.497 e. The Balaban J connectivity index is 0.000000207. The SMILES string of the molecule is COc1cc(C)cc(-c2ccccc2P2C(C)(C)CC(=O)CC2(C)C)c1.COc1cc(C)cc(-c2ccccc2P2C(C)(C)CC3(CC2(C)C)OCCO3)c1.OCCO. The van der Waals surface area contributed by atoms with Crippen molar-refractivity contribution in [3.8, 4) is 33.8 Å². The van der Waals surface area contributed by atoms with Crippen LogP contribution in [0.5, 0.6) is 11.5 Å². The van der Waals surface area contributed by atoms with Crippen LogP contribution < -0.4 is 20.1 Å². The Morgan fingerprint density at radius 3 is 1.32 bits per heavy atom. The molecule has 59 heavy (non-hydrogen) atoms. The van der Waals surface area contributed by atoms with E-state index in [1.807, 2.05) is 0 Å². The van der Waals surface area contributed by atoms with Crippen LogP contribution in [0.3, 0.4) is 0 Å². The maximum atomic E-state index is 12.3. The summed E-state index contributed by atoms with van der Waals surface area (Å²) in [6, 6.07) is 30.6. The van der Waals surface area contributed by atoms with Crippen molar-refractivity contribution in [1.82, 2.24) is 0 Å². The van der Waals surface area contributed by atoms with Crippen LogP contribution in [0.15, 0.2) is 84.9 Å². The highest BCUT2D eigenvalue weighted by atomic mass is 31.1. The fourth-order valence-corrected chi connectivity index (χ4v) is 18.9. The van der Waals surface area contributed by atoms with E-state index in [-0.39, 0.29) is 33.8 Å². The number of Topliss-reactive ketones (excluding diaryl/α,β-unsaturated/α-hetero) is 1. The maximum Gasteiger partial charge on any atom is 0.170 e. The summed E-state index contributed by atoms with van der Waals surface area (Å²) in [5.74, 6) is 1.79. The second-order valence-electron chi connectivity index (χ2n) is 18.7. The van der Waals surface area contributed by atoms with E-state index >= 15 is 0 Å². The fraction of sp³-hybridized carbons (Fsp3) is 0.500. The number of ether oxygens (including phenoxy) is 4. The number of benzene rings is 4. The molecule has 1 spiro atoms. The molecule has 0 saturated carbocycles. The number of hydrogen-bond acceptors (Lipinski definition) is 7. The molecule has 9 heteroatoms. The highest BCUT2D eigenvalue weighted by Crippen LogP contribution is 2.69. The molecule has 3 saturated heterocycles. The summed E-state index contributed by atoms with van der Waals surface area (Å²) in [5, 5.41) is 18.3.